The highest BCUT2D eigenvalue weighted by atomic mass is 19.1. The Morgan fingerprint density at radius 3 is 2.76 bits per heavy atom. The van der Waals surface area contributed by atoms with Crippen LogP contribution in [0.15, 0.2) is 47.5 Å². The van der Waals surface area contributed by atoms with Gasteiger partial charge in [0, 0.05) is 10.9 Å². The molecule has 102 valence electrons. The first-order valence-corrected chi connectivity index (χ1v) is 6.38. The summed E-state index contributed by atoms with van der Waals surface area (Å²) in [6, 6.07) is 11.1. The van der Waals surface area contributed by atoms with Crippen LogP contribution in [0.1, 0.15) is 15.9 Å². The zero-order valence-electron chi connectivity index (χ0n) is 10.7. The van der Waals surface area contributed by atoms with E-state index in [0.717, 1.165) is 0 Å². The topological polar surface area (TPSA) is 65.4 Å². The SMILES string of the molecule is O=C1C(c2c(O)[nH]c3cc(F)ccc23)=Nc2ccccc21. The number of ketones is 1. The van der Waals surface area contributed by atoms with Gasteiger partial charge in [-0.3, -0.25) is 4.79 Å². The van der Waals surface area contributed by atoms with Gasteiger partial charge < -0.3 is 10.1 Å². The number of aliphatic imine (C=N–C) groups is 1. The highest BCUT2D eigenvalue weighted by Gasteiger charge is 2.29. The average Bonchev–Trinajstić information content (AvgIpc) is 2.95. The Morgan fingerprint density at radius 2 is 1.95 bits per heavy atom. The monoisotopic (exact) mass is 280 g/mol. The molecule has 0 unspecified atom stereocenters. The van der Waals surface area contributed by atoms with Gasteiger partial charge in [0.25, 0.3) is 0 Å². The van der Waals surface area contributed by atoms with Crippen LogP contribution in [0.25, 0.3) is 10.9 Å². The van der Waals surface area contributed by atoms with Crippen molar-refractivity contribution in [3.63, 3.8) is 0 Å². The lowest BCUT2D eigenvalue weighted by molar-refractivity contribution is 0.107. The Balaban J connectivity index is 1.97. The third kappa shape index (κ3) is 1.61. The van der Waals surface area contributed by atoms with Crippen molar-refractivity contribution in [3.05, 3.63) is 59.4 Å². The van der Waals surface area contributed by atoms with E-state index < -0.39 is 5.82 Å². The number of rotatable bonds is 1. The largest absolute Gasteiger partial charge is 0.494 e. The summed E-state index contributed by atoms with van der Waals surface area (Å²) >= 11 is 0. The molecular formula is C16H9FN2O2. The van der Waals surface area contributed by atoms with E-state index in [1.165, 1.54) is 18.2 Å². The summed E-state index contributed by atoms with van der Waals surface area (Å²) in [5.74, 6) is -0.847. The zero-order valence-corrected chi connectivity index (χ0v) is 10.7. The number of hydrogen-bond acceptors (Lipinski definition) is 3. The first-order chi connectivity index (χ1) is 10.1. The number of nitrogens with zero attached hydrogens (tertiary/aromatic N) is 1. The van der Waals surface area contributed by atoms with Crippen LogP contribution in [0, 0.1) is 5.82 Å². The fraction of sp³-hybridized carbons (Fsp3) is 0. The molecule has 0 spiro atoms. The standard InChI is InChI=1S/C16H9FN2O2/c17-8-5-6-9-12(7-8)19-16(21)13(9)14-15(20)10-3-1-2-4-11(10)18-14/h1-7,19,21H. The number of H-pyrrole nitrogens is 1. The highest BCUT2D eigenvalue weighted by Crippen LogP contribution is 2.35. The van der Waals surface area contributed by atoms with Gasteiger partial charge in [-0.25, -0.2) is 9.38 Å². The summed E-state index contributed by atoms with van der Waals surface area (Å²) in [7, 11) is 0. The molecule has 4 nitrogen and oxygen atoms in total. The molecule has 0 atom stereocenters. The van der Waals surface area contributed by atoms with Crippen molar-refractivity contribution in [2.75, 3.05) is 0 Å². The highest BCUT2D eigenvalue weighted by molar-refractivity contribution is 6.56. The zero-order chi connectivity index (χ0) is 14.6. The minimum absolute atomic E-state index is 0.173. The van der Waals surface area contributed by atoms with Crippen molar-refractivity contribution in [1.29, 1.82) is 0 Å². The number of Topliss-reactive ketones (excluding diaryl/α,β-unsaturated/α-hetero) is 1. The number of aromatic hydroxyl groups is 1. The number of halogens is 1. The maximum atomic E-state index is 13.2. The van der Waals surface area contributed by atoms with Crippen LogP contribution in [0.2, 0.25) is 0 Å². The van der Waals surface area contributed by atoms with Gasteiger partial charge in [-0.2, -0.15) is 0 Å². The molecule has 0 aliphatic carbocycles. The van der Waals surface area contributed by atoms with E-state index in [9.17, 15) is 14.3 Å². The minimum Gasteiger partial charge on any atom is -0.494 e. The molecule has 1 aliphatic rings. The lowest BCUT2D eigenvalue weighted by Crippen LogP contribution is -2.10. The van der Waals surface area contributed by atoms with Crippen LogP contribution in [-0.4, -0.2) is 21.6 Å². The first kappa shape index (κ1) is 11.8. The molecule has 0 amide bonds. The van der Waals surface area contributed by atoms with E-state index in [0.29, 0.717) is 27.7 Å². The van der Waals surface area contributed by atoms with Gasteiger partial charge in [0.2, 0.25) is 5.78 Å². The molecule has 2 aromatic carbocycles. The fourth-order valence-electron chi connectivity index (χ4n) is 2.63. The molecule has 3 aromatic rings. The second-order valence-electron chi connectivity index (χ2n) is 4.85. The Bertz CT molecular complexity index is 941. The summed E-state index contributed by atoms with van der Waals surface area (Å²) in [6.07, 6.45) is 0. The van der Waals surface area contributed by atoms with E-state index >= 15 is 0 Å². The number of para-hydroxylation sites is 1. The van der Waals surface area contributed by atoms with Gasteiger partial charge in [-0.15, -0.1) is 0 Å². The van der Waals surface area contributed by atoms with E-state index in [-0.39, 0.29) is 17.4 Å². The average molecular weight is 280 g/mol. The smallest absolute Gasteiger partial charge is 0.214 e. The van der Waals surface area contributed by atoms with Crippen LogP contribution >= 0.6 is 0 Å². The van der Waals surface area contributed by atoms with Gasteiger partial charge in [0.15, 0.2) is 5.88 Å². The van der Waals surface area contributed by atoms with Crippen molar-refractivity contribution >= 4 is 28.1 Å². The molecule has 0 fully saturated rings. The summed E-state index contributed by atoms with van der Waals surface area (Å²) < 4.78 is 13.2. The van der Waals surface area contributed by atoms with E-state index in [1.807, 2.05) is 0 Å². The summed E-state index contributed by atoms with van der Waals surface area (Å²) in [6.45, 7) is 0. The number of fused-ring (bicyclic) bond motifs is 2. The summed E-state index contributed by atoms with van der Waals surface area (Å²) in [5.41, 5.74) is 1.99. The van der Waals surface area contributed by atoms with Gasteiger partial charge in [0.1, 0.15) is 11.5 Å². The molecule has 1 aliphatic heterocycles. The van der Waals surface area contributed by atoms with Crippen molar-refractivity contribution in [2.45, 2.75) is 0 Å². The third-order valence-corrected chi connectivity index (χ3v) is 3.57. The molecule has 2 heterocycles. The van der Waals surface area contributed by atoms with Crippen molar-refractivity contribution in [1.82, 2.24) is 4.98 Å². The fourth-order valence-corrected chi connectivity index (χ4v) is 2.63. The number of benzene rings is 2. The Hall–Kier alpha value is -2.95. The van der Waals surface area contributed by atoms with Crippen LogP contribution in [-0.2, 0) is 0 Å². The molecule has 21 heavy (non-hydrogen) atoms. The molecule has 1 aromatic heterocycles. The van der Waals surface area contributed by atoms with Crippen LogP contribution in [0.5, 0.6) is 5.88 Å². The predicted octanol–water partition coefficient (Wildman–Crippen LogP) is 3.33. The minimum atomic E-state index is -0.418. The molecule has 4 rings (SSSR count). The number of nitrogens with one attached hydrogen (secondary N) is 1. The van der Waals surface area contributed by atoms with Crippen molar-refractivity contribution in [3.8, 4) is 5.88 Å². The maximum absolute atomic E-state index is 13.2. The lowest BCUT2D eigenvalue weighted by Gasteiger charge is -1.98. The molecule has 0 bridgehead atoms. The summed E-state index contributed by atoms with van der Waals surface area (Å²) in [4.78, 5) is 19.4. The summed E-state index contributed by atoms with van der Waals surface area (Å²) in [5, 5.41) is 10.6. The van der Waals surface area contributed by atoms with Crippen LogP contribution in [0.3, 0.4) is 0 Å². The molecule has 0 radical (unpaired) electrons. The molecule has 5 heteroatoms. The number of carbonyl (C=O) groups excluding carboxylic acids is 1. The lowest BCUT2D eigenvalue weighted by atomic mass is 10.0. The van der Waals surface area contributed by atoms with E-state index in [2.05, 4.69) is 9.98 Å². The van der Waals surface area contributed by atoms with E-state index in [1.54, 1.807) is 24.3 Å². The number of aromatic amines is 1. The second kappa shape index (κ2) is 4.02. The molecule has 0 saturated carbocycles. The van der Waals surface area contributed by atoms with Crippen molar-refractivity contribution < 1.29 is 14.3 Å². The number of hydrogen-bond donors (Lipinski definition) is 2. The molecule has 0 saturated heterocycles. The normalized spacial score (nSPS) is 13.6. The Morgan fingerprint density at radius 1 is 1.14 bits per heavy atom. The predicted molar refractivity (Wildman–Crippen MR) is 76.9 cm³/mol. The van der Waals surface area contributed by atoms with Gasteiger partial charge in [-0.1, -0.05) is 12.1 Å². The van der Waals surface area contributed by atoms with Gasteiger partial charge in [0.05, 0.1) is 16.8 Å². The van der Waals surface area contributed by atoms with Gasteiger partial charge in [-0.05, 0) is 30.3 Å². The van der Waals surface area contributed by atoms with Crippen LogP contribution < -0.4 is 0 Å². The molecular weight excluding hydrogens is 271 g/mol. The second-order valence-corrected chi connectivity index (χ2v) is 4.85. The first-order valence-electron chi connectivity index (χ1n) is 6.38. The van der Waals surface area contributed by atoms with Crippen LogP contribution in [0.4, 0.5) is 10.1 Å². The van der Waals surface area contributed by atoms with Gasteiger partial charge >= 0.3 is 0 Å². The Labute approximate surface area is 118 Å². The number of aromatic nitrogens is 1. The molecule has 2 N–H and O–H groups in total. The van der Waals surface area contributed by atoms with E-state index in [4.69, 9.17) is 0 Å². The number of carbonyl (C=O) groups is 1. The third-order valence-electron chi connectivity index (χ3n) is 3.57. The maximum Gasteiger partial charge on any atom is 0.214 e. The Kier molecular flexibility index (Phi) is 2.27. The van der Waals surface area contributed by atoms with Crippen molar-refractivity contribution in [2.24, 2.45) is 4.99 Å². The quantitative estimate of drug-likeness (QED) is 0.718.